The van der Waals surface area contributed by atoms with Crippen LogP contribution in [0, 0.1) is 37.6 Å². The van der Waals surface area contributed by atoms with Gasteiger partial charge in [-0.05, 0) is 68.1 Å². The second kappa shape index (κ2) is 7.21. The van der Waals surface area contributed by atoms with Gasteiger partial charge in [-0.3, -0.25) is 9.59 Å². The fourth-order valence-electron chi connectivity index (χ4n) is 3.79. The topological polar surface area (TPSA) is 47.0 Å². The van der Waals surface area contributed by atoms with Crippen LogP contribution in [0.15, 0.2) is 30.3 Å². The van der Waals surface area contributed by atoms with Crippen LogP contribution in [0.4, 0.5) is 4.39 Å². The highest BCUT2D eigenvalue weighted by atomic mass is 19.1. The van der Waals surface area contributed by atoms with Gasteiger partial charge in [0.25, 0.3) is 0 Å². The number of benzene rings is 1. The van der Waals surface area contributed by atoms with Gasteiger partial charge in [-0.15, -0.1) is 5.92 Å². The highest BCUT2D eigenvalue weighted by Crippen LogP contribution is 2.37. The Morgan fingerprint density at radius 1 is 1.19 bits per heavy atom. The lowest BCUT2D eigenvalue weighted by molar-refractivity contribution is -0.124. The lowest BCUT2D eigenvalue weighted by atomic mass is 9.86. The molecule has 2 atom stereocenters. The molecule has 4 heteroatoms. The molecule has 1 aromatic heterocycles. The molecule has 0 N–H and O–H groups in total. The summed E-state index contributed by atoms with van der Waals surface area (Å²) < 4.78 is 13.3. The van der Waals surface area contributed by atoms with Crippen LogP contribution in [-0.2, 0) is 16.0 Å². The first kappa shape index (κ1) is 18.0. The number of rotatable bonds is 3. The van der Waals surface area contributed by atoms with Crippen molar-refractivity contribution in [3.63, 3.8) is 0 Å². The van der Waals surface area contributed by atoms with Crippen LogP contribution in [0.1, 0.15) is 47.2 Å². The highest BCUT2D eigenvalue weighted by molar-refractivity contribution is 6.15. The number of carbonyl (C=O) groups excluding carboxylic acids is 2. The molecule has 0 radical (unpaired) electrons. The zero-order chi connectivity index (χ0) is 18.8. The van der Waals surface area contributed by atoms with E-state index in [4.69, 9.17) is 0 Å². The molecule has 2 aromatic rings. The lowest BCUT2D eigenvalue weighted by Crippen LogP contribution is -2.19. The molecule has 26 heavy (non-hydrogen) atoms. The maximum Gasteiger partial charge on any atom is 0.213 e. The summed E-state index contributed by atoms with van der Waals surface area (Å²) in [6.45, 7) is 5.59. The maximum absolute atomic E-state index is 13.3. The Morgan fingerprint density at radius 2 is 1.88 bits per heavy atom. The SMILES string of the molecule is CC#Cc1cc(C)c(C2C(=O)CC(Cc3cccc(F)n3)C2=O)c(C)c1. The number of hydrogen-bond donors (Lipinski definition) is 0. The molecule has 1 aromatic carbocycles. The van der Waals surface area contributed by atoms with Crippen molar-refractivity contribution in [1.82, 2.24) is 4.98 Å². The van der Waals surface area contributed by atoms with Crippen molar-refractivity contribution < 1.29 is 14.0 Å². The molecule has 1 saturated carbocycles. The molecule has 1 aliphatic carbocycles. The first-order chi connectivity index (χ1) is 12.4. The van der Waals surface area contributed by atoms with E-state index in [9.17, 15) is 14.0 Å². The number of ketones is 2. The number of nitrogens with zero attached hydrogens (tertiary/aromatic N) is 1. The van der Waals surface area contributed by atoms with Gasteiger partial charge >= 0.3 is 0 Å². The van der Waals surface area contributed by atoms with Crippen molar-refractivity contribution in [2.24, 2.45) is 5.92 Å². The molecule has 0 bridgehead atoms. The van der Waals surface area contributed by atoms with Gasteiger partial charge in [0.15, 0.2) is 5.78 Å². The van der Waals surface area contributed by atoms with Gasteiger partial charge in [-0.2, -0.15) is 4.39 Å². The van der Waals surface area contributed by atoms with Crippen LogP contribution in [0.2, 0.25) is 0 Å². The fraction of sp³-hybridized carbons (Fsp3) is 0.318. The van der Waals surface area contributed by atoms with E-state index in [0.717, 1.165) is 22.3 Å². The van der Waals surface area contributed by atoms with E-state index in [1.807, 2.05) is 26.0 Å². The summed E-state index contributed by atoms with van der Waals surface area (Å²) in [6, 6.07) is 8.35. The average Bonchev–Trinajstić information content (AvgIpc) is 2.82. The number of pyridine rings is 1. The van der Waals surface area contributed by atoms with Crippen LogP contribution >= 0.6 is 0 Å². The summed E-state index contributed by atoms with van der Waals surface area (Å²) in [7, 11) is 0. The molecule has 3 rings (SSSR count). The van der Waals surface area contributed by atoms with E-state index in [0.29, 0.717) is 5.69 Å². The molecule has 3 nitrogen and oxygen atoms in total. The largest absolute Gasteiger partial charge is 0.298 e. The first-order valence-corrected chi connectivity index (χ1v) is 8.62. The molecule has 2 unspecified atom stereocenters. The van der Waals surface area contributed by atoms with E-state index in [2.05, 4.69) is 16.8 Å². The first-order valence-electron chi connectivity index (χ1n) is 8.62. The maximum atomic E-state index is 13.3. The van der Waals surface area contributed by atoms with Crippen molar-refractivity contribution in [1.29, 1.82) is 0 Å². The van der Waals surface area contributed by atoms with Crippen LogP contribution in [0.25, 0.3) is 0 Å². The predicted molar refractivity (Wildman–Crippen MR) is 97.2 cm³/mol. The predicted octanol–water partition coefficient (Wildman–Crippen LogP) is 3.69. The van der Waals surface area contributed by atoms with Crippen LogP contribution in [0.3, 0.4) is 0 Å². The second-order valence-corrected chi connectivity index (χ2v) is 6.76. The van der Waals surface area contributed by atoms with Crippen molar-refractivity contribution in [3.8, 4) is 11.8 Å². The zero-order valence-corrected chi connectivity index (χ0v) is 15.1. The van der Waals surface area contributed by atoms with Crippen LogP contribution in [0.5, 0.6) is 0 Å². The monoisotopic (exact) mass is 349 g/mol. The smallest absolute Gasteiger partial charge is 0.213 e. The van der Waals surface area contributed by atoms with Gasteiger partial charge in [0.05, 0.1) is 0 Å². The molecule has 0 amide bonds. The van der Waals surface area contributed by atoms with Gasteiger partial charge in [0, 0.05) is 23.6 Å². The Labute approximate surface area is 152 Å². The van der Waals surface area contributed by atoms with Crippen molar-refractivity contribution in [2.45, 2.75) is 39.5 Å². The molecule has 1 fully saturated rings. The molecule has 0 saturated heterocycles. The minimum Gasteiger partial charge on any atom is -0.298 e. The normalized spacial score (nSPS) is 19.4. The van der Waals surface area contributed by atoms with E-state index < -0.39 is 17.8 Å². The minimum absolute atomic E-state index is 0.0723. The summed E-state index contributed by atoms with van der Waals surface area (Å²) in [6.07, 6.45) is 0.466. The second-order valence-electron chi connectivity index (χ2n) is 6.76. The lowest BCUT2D eigenvalue weighted by Gasteiger charge is -2.16. The summed E-state index contributed by atoms with van der Waals surface area (Å²) in [5.74, 6) is 3.95. The number of carbonyl (C=O) groups is 2. The van der Waals surface area contributed by atoms with Crippen molar-refractivity contribution >= 4 is 11.6 Å². The molecule has 1 heterocycles. The molecular weight excluding hydrogens is 329 g/mol. The van der Waals surface area contributed by atoms with Gasteiger partial charge in [-0.1, -0.05) is 12.0 Å². The minimum atomic E-state index is -0.739. The third-order valence-electron chi connectivity index (χ3n) is 4.84. The third kappa shape index (κ3) is 3.43. The van der Waals surface area contributed by atoms with Crippen LogP contribution < -0.4 is 0 Å². The quantitative estimate of drug-likeness (QED) is 0.482. The molecule has 1 aliphatic rings. The number of aryl methyl sites for hydroxylation is 2. The number of aromatic nitrogens is 1. The number of hydrogen-bond acceptors (Lipinski definition) is 3. The van der Waals surface area contributed by atoms with E-state index in [1.165, 1.54) is 6.07 Å². The third-order valence-corrected chi connectivity index (χ3v) is 4.84. The van der Waals surface area contributed by atoms with Gasteiger partial charge in [-0.25, -0.2) is 4.98 Å². The molecule has 0 spiro atoms. The fourth-order valence-corrected chi connectivity index (χ4v) is 3.79. The Hall–Kier alpha value is -2.80. The van der Waals surface area contributed by atoms with Gasteiger partial charge in [0.2, 0.25) is 5.95 Å². The van der Waals surface area contributed by atoms with E-state index in [-0.39, 0.29) is 24.4 Å². The number of Topliss-reactive ketones (excluding diaryl/α,β-unsaturated/α-hetero) is 2. The summed E-state index contributed by atoms with van der Waals surface area (Å²) in [4.78, 5) is 29.4. The van der Waals surface area contributed by atoms with E-state index >= 15 is 0 Å². The summed E-state index contributed by atoms with van der Waals surface area (Å²) >= 11 is 0. The number of halogens is 1. The average molecular weight is 349 g/mol. The Balaban J connectivity index is 1.91. The van der Waals surface area contributed by atoms with Crippen molar-refractivity contribution in [2.75, 3.05) is 0 Å². The zero-order valence-electron chi connectivity index (χ0n) is 15.1. The Kier molecular flexibility index (Phi) is 4.99. The molecular formula is C22H20FNO2. The molecule has 0 aliphatic heterocycles. The summed E-state index contributed by atoms with van der Waals surface area (Å²) in [5, 5.41) is 0. The highest BCUT2D eigenvalue weighted by Gasteiger charge is 2.43. The van der Waals surface area contributed by atoms with Gasteiger partial charge in [0.1, 0.15) is 11.7 Å². The van der Waals surface area contributed by atoms with Crippen LogP contribution in [-0.4, -0.2) is 16.6 Å². The van der Waals surface area contributed by atoms with Gasteiger partial charge < -0.3 is 0 Å². The van der Waals surface area contributed by atoms with Crippen molar-refractivity contribution in [3.05, 3.63) is 64.2 Å². The Bertz CT molecular complexity index is 929. The Morgan fingerprint density at radius 3 is 2.50 bits per heavy atom. The summed E-state index contributed by atoms with van der Waals surface area (Å²) in [5.41, 5.74) is 3.97. The standard InChI is InChI=1S/C22H20FNO2/c1-4-6-15-9-13(2)20(14(3)10-15)21-18(25)12-16(22(21)26)11-17-7-5-8-19(23)24-17/h5,7-10,16,21H,11-12H2,1-3H3. The van der Waals surface area contributed by atoms with E-state index in [1.54, 1.807) is 19.1 Å². The molecule has 132 valence electrons.